The van der Waals surface area contributed by atoms with Crippen molar-refractivity contribution in [2.75, 3.05) is 23.7 Å². The SMILES string of the molecule is Cc1cccc(N(CCCC(=O)N(Cc2ccc(Cl)cc2Cl)C(C)C(=O)NCC(C)C)S(C)(=O)=O)c1C. The quantitative estimate of drug-likeness (QED) is 0.373. The molecule has 0 aliphatic carbocycles. The van der Waals surface area contributed by atoms with Crippen molar-refractivity contribution in [3.63, 3.8) is 0 Å². The number of carbonyl (C=O) groups is 2. The van der Waals surface area contributed by atoms with Gasteiger partial charge in [0.2, 0.25) is 21.8 Å². The highest BCUT2D eigenvalue weighted by atomic mass is 35.5. The summed E-state index contributed by atoms with van der Waals surface area (Å²) >= 11 is 12.4. The van der Waals surface area contributed by atoms with E-state index in [0.717, 1.165) is 17.4 Å². The van der Waals surface area contributed by atoms with Gasteiger partial charge in [0.1, 0.15) is 6.04 Å². The monoisotopic (exact) mass is 569 g/mol. The Kier molecular flexibility index (Phi) is 11.3. The fraction of sp³-hybridized carbons (Fsp3) is 0.481. The fourth-order valence-corrected chi connectivity index (χ4v) is 5.34. The summed E-state index contributed by atoms with van der Waals surface area (Å²) in [5.74, 6) is -0.272. The van der Waals surface area contributed by atoms with Gasteiger partial charge >= 0.3 is 0 Å². The summed E-state index contributed by atoms with van der Waals surface area (Å²) in [5.41, 5.74) is 3.11. The van der Waals surface area contributed by atoms with E-state index in [1.807, 2.05) is 39.8 Å². The minimum absolute atomic E-state index is 0.0594. The highest BCUT2D eigenvalue weighted by Gasteiger charge is 2.27. The molecule has 0 heterocycles. The van der Waals surface area contributed by atoms with Crippen LogP contribution in [-0.2, 0) is 26.2 Å². The number of anilines is 1. The number of aryl methyl sites for hydroxylation is 1. The summed E-state index contributed by atoms with van der Waals surface area (Å²) in [7, 11) is -3.56. The molecule has 1 atom stereocenters. The molecule has 0 bridgehead atoms. The molecule has 0 fully saturated rings. The largest absolute Gasteiger partial charge is 0.354 e. The Labute approximate surface area is 231 Å². The molecule has 0 aliphatic rings. The Morgan fingerprint density at radius 1 is 1.05 bits per heavy atom. The van der Waals surface area contributed by atoms with Crippen molar-refractivity contribution in [1.82, 2.24) is 10.2 Å². The lowest BCUT2D eigenvalue weighted by atomic mass is 10.1. The van der Waals surface area contributed by atoms with Gasteiger partial charge in [0.25, 0.3) is 0 Å². The number of nitrogens with zero attached hydrogens (tertiary/aromatic N) is 2. The summed E-state index contributed by atoms with van der Waals surface area (Å²) < 4.78 is 26.5. The molecule has 1 N–H and O–H groups in total. The van der Waals surface area contributed by atoms with Crippen LogP contribution in [0.5, 0.6) is 0 Å². The van der Waals surface area contributed by atoms with Crippen LogP contribution in [-0.4, -0.2) is 50.5 Å². The molecule has 204 valence electrons. The van der Waals surface area contributed by atoms with Crippen LogP contribution in [0.1, 0.15) is 50.3 Å². The minimum atomic E-state index is -3.56. The van der Waals surface area contributed by atoms with Crippen LogP contribution < -0.4 is 9.62 Å². The molecule has 0 spiro atoms. The Morgan fingerprint density at radius 2 is 1.73 bits per heavy atom. The third-order valence-corrected chi connectivity index (χ3v) is 7.97. The van der Waals surface area contributed by atoms with Gasteiger partial charge in [-0.2, -0.15) is 0 Å². The van der Waals surface area contributed by atoms with Gasteiger partial charge in [-0.15, -0.1) is 0 Å². The number of amides is 2. The first kappa shape index (κ1) is 30.9. The second-order valence-electron chi connectivity index (χ2n) is 9.73. The number of carbonyl (C=O) groups excluding carboxylic acids is 2. The predicted molar refractivity (Wildman–Crippen MR) is 152 cm³/mol. The summed E-state index contributed by atoms with van der Waals surface area (Å²) in [6, 6.07) is 9.77. The summed E-state index contributed by atoms with van der Waals surface area (Å²) in [5, 5.41) is 3.75. The molecule has 7 nitrogen and oxygen atoms in total. The molecule has 2 rings (SSSR count). The van der Waals surface area contributed by atoms with Crippen LogP contribution in [0.25, 0.3) is 0 Å². The highest BCUT2D eigenvalue weighted by molar-refractivity contribution is 7.92. The van der Waals surface area contributed by atoms with E-state index in [2.05, 4.69) is 5.32 Å². The van der Waals surface area contributed by atoms with Crippen molar-refractivity contribution in [3.8, 4) is 0 Å². The van der Waals surface area contributed by atoms with Gasteiger partial charge in [0, 0.05) is 36.1 Å². The molecule has 2 aromatic rings. The van der Waals surface area contributed by atoms with Crippen LogP contribution in [0.2, 0.25) is 10.0 Å². The van der Waals surface area contributed by atoms with E-state index in [1.54, 1.807) is 31.2 Å². The van der Waals surface area contributed by atoms with Gasteiger partial charge in [0.15, 0.2) is 0 Å². The van der Waals surface area contributed by atoms with Crippen molar-refractivity contribution in [2.45, 2.75) is 60.0 Å². The van der Waals surface area contributed by atoms with Crippen LogP contribution in [0.15, 0.2) is 36.4 Å². The lowest BCUT2D eigenvalue weighted by molar-refractivity contribution is -0.140. The maximum Gasteiger partial charge on any atom is 0.242 e. The Bertz CT molecular complexity index is 1220. The first-order chi connectivity index (χ1) is 17.2. The standard InChI is InChI=1S/C27H37Cl2N3O4S/c1-18(2)16-30-27(34)21(5)31(17-22-12-13-23(28)15-24(22)29)26(33)11-8-14-32(37(6,35)36)25-10-7-9-19(3)20(25)4/h7,9-10,12-13,15,18,21H,8,11,14,16-17H2,1-6H3,(H,30,34). The number of benzene rings is 2. The number of sulfonamides is 1. The third kappa shape index (κ3) is 8.90. The topological polar surface area (TPSA) is 86.8 Å². The second-order valence-corrected chi connectivity index (χ2v) is 12.5. The smallest absolute Gasteiger partial charge is 0.242 e. The highest BCUT2D eigenvalue weighted by Crippen LogP contribution is 2.26. The number of hydrogen-bond acceptors (Lipinski definition) is 4. The average molecular weight is 571 g/mol. The molecule has 37 heavy (non-hydrogen) atoms. The maximum absolute atomic E-state index is 13.4. The van der Waals surface area contributed by atoms with Crippen LogP contribution in [0.4, 0.5) is 5.69 Å². The predicted octanol–water partition coefficient (Wildman–Crippen LogP) is 5.35. The van der Waals surface area contributed by atoms with Gasteiger partial charge in [0.05, 0.1) is 11.9 Å². The van der Waals surface area contributed by atoms with Crippen molar-refractivity contribution in [1.29, 1.82) is 0 Å². The van der Waals surface area contributed by atoms with E-state index >= 15 is 0 Å². The number of nitrogens with one attached hydrogen (secondary N) is 1. The normalized spacial score (nSPS) is 12.4. The molecular formula is C27H37Cl2N3O4S. The fourth-order valence-electron chi connectivity index (χ4n) is 3.86. The Hall–Kier alpha value is -2.29. The number of halogens is 2. The molecule has 0 saturated carbocycles. The molecule has 1 unspecified atom stereocenters. The summed E-state index contributed by atoms with van der Waals surface area (Å²) in [4.78, 5) is 27.7. The van der Waals surface area contributed by atoms with Crippen LogP contribution in [0, 0.1) is 19.8 Å². The summed E-state index contributed by atoms with van der Waals surface area (Å²) in [6.45, 7) is 10.2. The number of rotatable bonds is 12. The Morgan fingerprint density at radius 3 is 2.32 bits per heavy atom. The molecule has 0 saturated heterocycles. The average Bonchev–Trinajstić information content (AvgIpc) is 2.80. The molecule has 0 radical (unpaired) electrons. The first-order valence-electron chi connectivity index (χ1n) is 12.3. The van der Waals surface area contributed by atoms with Crippen molar-refractivity contribution >= 4 is 50.7 Å². The minimum Gasteiger partial charge on any atom is -0.354 e. The van der Waals surface area contributed by atoms with Gasteiger partial charge in [-0.25, -0.2) is 8.42 Å². The van der Waals surface area contributed by atoms with E-state index in [1.165, 1.54) is 9.21 Å². The van der Waals surface area contributed by atoms with Crippen molar-refractivity contribution in [3.05, 3.63) is 63.1 Å². The third-order valence-electron chi connectivity index (χ3n) is 6.20. The van der Waals surface area contributed by atoms with E-state index in [0.29, 0.717) is 27.8 Å². The van der Waals surface area contributed by atoms with Gasteiger partial charge in [-0.1, -0.05) is 55.2 Å². The summed E-state index contributed by atoms with van der Waals surface area (Å²) in [6.07, 6.45) is 1.50. The molecule has 10 heteroatoms. The molecule has 0 aromatic heterocycles. The van der Waals surface area contributed by atoms with Crippen LogP contribution in [0.3, 0.4) is 0 Å². The van der Waals surface area contributed by atoms with Gasteiger partial charge in [-0.3, -0.25) is 13.9 Å². The first-order valence-corrected chi connectivity index (χ1v) is 14.9. The van der Waals surface area contributed by atoms with E-state index in [9.17, 15) is 18.0 Å². The van der Waals surface area contributed by atoms with Crippen molar-refractivity contribution < 1.29 is 18.0 Å². The van der Waals surface area contributed by atoms with Crippen LogP contribution >= 0.6 is 23.2 Å². The Balaban J connectivity index is 2.23. The van der Waals surface area contributed by atoms with Crippen molar-refractivity contribution in [2.24, 2.45) is 5.92 Å². The molecular weight excluding hydrogens is 533 g/mol. The zero-order valence-electron chi connectivity index (χ0n) is 22.3. The zero-order valence-corrected chi connectivity index (χ0v) is 24.7. The number of hydrogen-bond donors (Lipinski definition) is 1. The molecule has 2 aromatic carbocycles. The lowest BCUT2D eigenvalue weighted by Gasteiger charge is -2.30. The molecule has 0 aliphatic heterocycles. The van der Waals surface area contributed by atoms with Gasteiger partial charge in [-0.05, 0) is 68.0 Å². The zero-order chi connectivity index (χ0) is 27.9. The molecule has 2 amide bonds. The lowest BCUT2D eigenvalue weighted by Crippen LogP contribution is -2.48. The van der Waals surface area contributed by atoms with Gasteiger partial charge < -0.3 is 10.2 Å². The van der Waals surface area contributed by atoms with E-state index in [4.69, 9.17) is 23.2 Å². The van der Waals surface area contributed by atoms with E-state index < -0.39 is 16.1 Å². The van der Waals surface area contributed by atoms with E-state index in [-0.39, 0.29) is 43.7 Å². The maximum atomic E-state index is 13.4. The second kappa shape index (κ2) is 13.5.